The van der Waals surface area contributed by atoms with Crippen LogP contribution in [0, 0.1) is 6.92 Å². The number of aryl methyl sites for hydroxylation is 1. The van der Waals surface area contributed by atoms with Crippen LogP contribution in [0.15, 0.2) is 64.8 Å². The lowest BCUT2D eigenvalue weighted by Gasteiger charge is -2.09. The van der Waals surface area contributed by atoms with E-state index in [4.69, 9.17) is 4.98 Å². The van der Waals surface area contributed by atoms with Crippen LogP contribution in [0.25, 0.3) is 22.1 Å². The number of unbranched alkanes of at least 4 members (excludes halogenated alkanes) is 1. The topological polar surface area (TPSA) is 60.0 Å². The first kappa shape index (κ1) is 19.2. The van der Waals surface area contributed by atoms with Crippen molar-refractivity contribution in [3.8, 4) is 28.0 Å². The number of aromatic hydroxyl groups is 1. The molecule has 0 saturated heterocycles. The predicted octanol–water partition coefficient (Wildman–Crippen LogP) is 5.11. The van der Waals surface area contributed by atoms with Crippen molar-refractivity contribution < 1.29 is 5.11 Å². The Morgan fingerprint density at radius 3 is 2.45 bits per heavy atom. The van der Waals surface area contributed by atoms with Crippen LogP contribution in [0.3, 0.4) is 0 Å². The quantitative estimate of drug-likeness (QED) is 0.485. The molecule has 0 atom stereocenters. The molecule has 0 unspecified atom stereocenters. The molecule has 5 nitrogen and oxygen atoms in total. The first-order chi connectivity index (χ1) is 14.1. The van der Waals surface area contributed by atoms with Crippen LogP contribution in [0.4, 0.5) is 0 Å². The van der Waals surface area contributed by atoms with Gasteiger partial charge in [-0.25, -0.2) is 9.67 Å². The molecule has 0 spiro atoms. The molecular weight excluding hydrogens is 382 g/mol. The van der Waals surface area contributed by atoms with E-state index in [1.165, 1.54) is 26.3 Å². The largest absolute Gasteiger partial charge is 0.493 e. The van der Waals surface area contributed by atoms with Gasteiger partial charge in [0.05, 0.1) is 16.9 Å². The van der Waals surface area contributed by atoms with Crippen LogP contribution < -0.4 is 5.56 Å². The fourth-order valence-electron chi connectivity index (χ4n) is 3.31. The van der Waals surface area contributed by atoms with Crippen LogP contribution in [0.1, 0.15) is 30.9 Å². The standard InChI is InChI=1S/C23H23N3O2S/c1-3-4-10-19-21(27)25(18-8-6-5-7-9-18)26(22(19)28)23-24-20(15-29-23)17-13-11-16(2)12-14-17/h5-9,11-15,28H,3-4,10H2,1-2H3. The van der Waals surface area contributed by atoms with Crippen molar-refractivity contribution >= 4 is 11.3 Å². The Morgan fingerprint density at radius 2 is 1.76 bits per heavy atom. The number of benzene rings is 2. The van der Waals surface area contributed by atoms with Crippen molar-refractivity contribution in [2.75, 3.05) is 0 Å². The lowest BCUT2D eigenvalue weighted by molar-refractivity contribution is 0.419. The highest BCUT2D eigenvalue weighted by atomic mass is 32.1. The number of hydrogen-bond donors (Lipinski definition) is 1. The molecule has 0 fully saturated rings. The van der Waals surface area contributed by atoms with E-state index in [-0.39, 0.29) is 11.4 Å². The number of para-hydroxylation sites is 1. The van der Waals surface area contributed by atoms with Crippen molar-refractivity contribution in [1.29, 1.82) is 0 Å². The van der Waals surface area contributed by atoms with Crippen LogP contribution in [0.5, 0.6) is 5.88 Å². The molecule has 6 heteroatoms. The molecule has 2 aromatic heterocycles. The summed E-state index contributed by atoms with van der Waals surface area (Å²) < 4.78 is 3.04. The molecule has 2 heterocycles. The Balaban J connectivity index is 1.87. The molecule has 1 N–H and O–H groups in total. The summed E-state index contributed by atoms with van der Waals surface area (Å²) >= 11 is 1.40. The summed E-state index contributed by atoms with van der Waals surface area (Å²) in [6.07, 6.45) is 2.33. The molecule has 0 aliphatic carbocycles. The third-order valence-electron chi connectivity index (χ3n) is 4.92. The Morgan fingerprint density at radius 1 is 1.03 bits per heavy atom. The van der Waals surface area contributed by atoms with Gasteiger partial charge in [0, 0.05) is 10.9 Å². The second-order valence-electron chi connectivity index (χ2n) is 7.05. The first-order valence-electron chi connectivity index (χ1n) is 9.74. The van der Waals surface area contributed by atoms with E-state index in [1.807, 2.05) is 66.9 Å². The number of nitrogens with zero attached hydrogens (tertiary/aromatic N) is 3. The minimum atomic E-state index is -0.200. The third kappa shape index (κ3) is 3.63. The molecule has 0 saturated carbocycles. The van der Waals surface area contributed by atoms with Gasteiger partial charge in [-0.2, -0.15) is 4.68 Å². The van der Waals surface area contributed by atoms with Crippen molar-refractivity contribution in [2.45, 2.75) is 33.1 Å². The summed E-state index contributed by atoms with van der Waals surface area (Å²) in [4.78, 5) is 17.9. The van der Waals surface area contributed by atoms with E-state index in [1.54, 1.807) is 0 Å². The lowest BCUT2D eigenvalue weighted by atomic mass is 10.1. The zero-order chi connectivity index (χ0) is 20.4. The molecule has 0 aliphatic heterocycles. The predicted molar refractivity (Wildman–Crippen MR) is 117 cm³/mol. The zero-order valence-electron chi connectivity index (χ0n) is 16.5. The second kappa shape index (κ2) is 8.09. The fraction of sp³-hybridized carbons (Fsp3) is 0.217. The second-order valence-corrected chi connectivity index (χ2v) is 7.89. The number of rotatable bonds is 6. The third-order valence-corrected chi connectivity index (χ3v) is 5.74. The van der Waals surface area contributed by atoms with Gasteiger partial charge >= 0.3 is 0 Å². The molecule has 4 aromatic rings. The summed E-state index contributed by atoms with van der Waals surface area (Å²) in [5.41, 5.74) is 3.94. The van der Waals surface area contributed by atoms with Gasteiger partial charge in [0.2, 0.25) is 11.0 Å². The van der Waals surface area contributed by atoms with Gasteiger partial charge in [-0.05, 0) is 31.9 Å². The van der Waals surface area contributed by atoms with Crippen LogP contribution in [-0.2, 0) is 6.42 Å². The van der Waals surface area contributed by atoms with E-state index in [9.17, 15) is 9.90 Å². The van der Waals surface area contributed by atoms with Crippen molar-refractivity contribution in [3.63, 3.8) is 0 Å². The highest BCUT2D eigenvalue weighted by molar-refractivity contribution is 7.12. The Kier molecular flexibility index (Phi) is 5.36. The summed E-state index contributed by atoms with van der Waals surface area (Å²) in [5, 5.41) is 13.5. The first-order valence-corrected chi connectivity index (χ1v) is 10.6. The lowest BCUT2D eigenvalue weighted by Crippen LogP contribution is -2.21. The fourth-order valence-corrected chi connectivity index (χ4v) is 4.13. The van der Waals surface area contributed by atoms with Gasteiger partial charge in [-0.3, -0.25) is 4.79 Å². The van der Waals surface area contributed by atoms with E-state index in [0.717, 1.165) is 24.1 Å². The monoisotopic (exact) mass is 405 g/mol. The average Bonchev–Trinajstić information content (AvgIpc) is 3.31. The molecule has 0 radical (unpaired) electrons. The maximum Gasteiger partial charge on any atom is 0.278 e. The van der Waals surface area contributed by atoms with E-state index >= 15 is 0 Å². The summed E-state index contributed by atoms with van der Waals surface area (Å²) in [6, 6.07) is 17.5. The van der Waals surface area contributed by atoms with E-state index in [2.05, 4.69) is 6.92 Å². The molecule has 0 bridgehead atoms. The van der Waals surface area contributed by atoms with Crippen LogP contribution in [0.2, 0.25) is 0 Å². The highest BCUT2D eigenvalue weighted by Crippen LogP contribution is 2.29. The van der Waals surface area contributed by atoms with Crippen molar-refractivity contribution in [3.05, 3.63) is 81.5 Å². The van der Waals surface area contributed by atoms with Gasteiger partial charge in [-0.1, -0.05) is 61.4 Å². The molecule has 2 aromatic carbocycles. The summed E-state index contributed by atoms with van der Waals surface area (Å²) in [6.45, 7) is 4.11. The van der Waals surface area contributed by atoms with Gasteiger partial charge in [0.1, 0.15) is 0 Å². The smallest absolute Gasteiger partial charge is 0.278 e. The number of aromatic nitrogens is 3. The molecule has 0 amide bonds. The Labute approximate surface area is 173 Å². The number of thiazole rings is 1. The minimum Gasteiger partial charge on any atom is -0.493 e. The van der Waals surface area contributed by atoms with Crippen molar-refractivity contribution in [1.82, 2.24) is 14.3 Å². The molecular formula is C23H23N3O2S. The molecule has 4 rings (SSSR count). The number of hydrogen-bond acceptors (Lipinski definition) is 4. The van der Waals surface area contributed by atoms with Gasteiger partial charge < -0.3 is 5.11 Å². The maximum atomic E-state index is 13.2. The minimum absolute atomic E-state index is 0.0305. The Hall–Kier alpha value is -3.12. The average molecular weight is 406 g/mol. The van der Waals surface area contributed by atoms with Gasteiger partial charge in [0.25, 0.3) is 5.56 Å². The van der Waals surface area contributed by atoms with Crippen LogP contribution >= 0.6 is 11.3 Å². The molecule has 29 heavy (non-hydrogen) atoms. The zero-order valence-corrected chi connectivity index (χ0v) is 17.3. The van der Waals surface area contributed by atoms with E-state index in [0.29, 0.717) is 22.8 Å². The van der Waals surface area contributed by atoms with Gasteiger partial charge in [-0.15, -0.1) is 11.3 Å². The maximum absolute atomic E-state index is 13.2. The normalized spacial score (nSPS) is 11.1. The highest BCUT2D eigenvalue weighted by Gasteiger charge is 2.23. The van der Waals surface area contributed by atoms with Gasteiger partial charge in [0.15, 0.2) is 0 Å². The summed E-state index contributed by atoms with van der Waals surface area (Å²) in [7, 11) is 0. The van der Waals surface area contributed by atoms with Crippen LogP contribution in [-0.4, -0.2) is 19.5 Å². The van der Waals surface area contributed by atoms with E-state index < -0.39 is 0 Å². The molecule has 0 aliphatic rings. The summed E-state index contributed by atoms with van der Waals surface area (Å²) in [5.74, 6) is -0.0305. The SMILES string of the molecule is CCCCc1c(O)n(-c2nc(-c3ccc(C)cc3)cs2)n(-c2ccccc2)c1=O. The molecule has 148 valence electrons. The Bertz CT molecular complexity index is 1170. The van der Waals surface area contributed by atoms with Crippen molar-refractivity contribution in [2.24, 2.45) is 0 Å².